The number of likely N-dealkylation sites (tertiary alicyclic amines) is 1. The Hall–Kier alpha value is -0.120. The highest BCUT2D eigenvalue weighted by atomic mass is 16.5. The lowest BCUT2D eigenvalue weighted by Crippen LogP contribution is -2.42. The van der Waals surface area contributed by atoms with Gasteiger partial charge in [-0.05, 0) is 32.6 Å². The predicted octanol–water partition coefficient (Wildman–Crippen LogP) is 1.63. The maximum Gasteiger partial charge on any atom is 0.0615 e. The van der Waals surface area contributed by atoms with E-state index in [0.717, 1.165) is 25.1 Å². The number of hydrogen-bond donors (Lipinski definition) is 1. The first-order chi connectivity index (χ1) is 7.74. The molecule has 94 valence electrons. The molecule has 3 nitrogen and oxygen atoms in total. The van der Waals surface area contributed by atoms with Crippen LogP contribution in [0, 0.1) is 0 Å². The van der Waals surface area contributed by atoms with Gasteiger partial charge >= 0.3 is 0 Å². The monoisotopic (exact) mass is 226 g/mol. The molecule has 1 aliphatic heterocycles. The van der Waals surface area contributed by atoms with Gasteiger partial charge in [0.15, 0.2) is 0 Å². The van der Waals surface area contributed by atoms with Gasteiger partial charge in [0.25, 0.3) is 0 Å². The molecule has 0 radical (unpaired) electrons. The van der Waals surface area contributed by atoms with E-state index in [-0.39, 0.29) is 0 Å². The summed E-state index contributed by atoms with van der Waals surface area (Å²) in [5, 5.41) is 3.74. The highest BCUT2D eigenvalue weighted by molar-refractivity contribution is 4.96. The lowest BCUT2D eigenvalue weighted by atomic mass is 10.1. The first-order valence-electron chi connectivity index (χ1n) is 6.75. The third-order valence-corrected chi connectivity index (χ3v) is 3.97. The summed E-state index contributed by atoms with van der Waals surface area (Å²) in [4.78, 5) is 2.69. The fourth-order valence-corrected chi connectivity index (χ4v) is 2.91. The molecule has 3 unspecified atom stereocenters. The van der Waals surface area contributed by atoms with Crippen LogP contribution in [0.2, 0.25) is 0 Å². The number of methoxy groups -OCH3 is 1. The van der Waals surface area contributed by atoms with E-state index in [1.165, 1.54) is 25.8 Å². The minimum absolute atomic E-state index is 0.529. The minimum Gasteiger partial charge on any atom is -0.383 e. The zero-order chi connectivity index (χ0) is 11.5. The number of ether oxygens (including phenoxy) is 1. The molecule has 2 rings (SSSR count). The second kappa shape index (κ2) is 5.48. The van der Waals surface area contributed by atoms with Crippen molar-refractivity contribution in [3.63, 3.8) is 0 Å². The smallest absolute Gasteiger partial charge is 0.0615 e. The van der Waals surface area contributed by atoms with E-state index in [2.05, 4.69) is 24.1 Å². The average molecular weight is 226 g/mol. The molecule has 1 heterocycles. The Bertz CT molecular complexity index is 218. The van der Waals surface area contributed by atoms with Crippen molar-refractivity contribution in [2.24, 2.45) is 0 Å². The number of nitrogens with zero attached hydrogens (tertiary/aromatic N) is 1. The first-order valence-corrected chi connectivity index (χ1v) is 6.75. The molecule has 3 atom stereocenters. The van der Waals surface area contributed by atoms with E-state index < -0.39 is 0 Å². The molecular weight excluding hydrogens is 200 g/mol. The van der Waals surface area contributed by atoms with Crippen molar-refractivity contribution in [2.45, 2.75) is 63.7 Å². The molecule has 0 aromatic rings. The Labute approximate surface area is 99.5 Å². The van der Waals surface area contributed by atoms with Crippen molar-refractivity contribution in [3.05, 3.63) is 0 Å². The maximum absolute atomic E-state index is 5.24. The first kappa shape index (κ1) is 12.3. The minimum atomic E-state index is 0.529. The third kappa shape index (κ3) is 2.96. The molecule has 3 heteroatoms. The molecule has 0 aromatic heterocycles. The van der Waals surface area contributed by atoms with Crippen LogP contribution in [0.25, 0.3) is 0 Å². The van der Waals surface area contributed by atoms with Crippen molar-refractivity contribution in [3.8, 4) is 0 Å². The summed E-state index contributed by atoms with van der Waals surface area (Å²) in [6.45, 7) is 6.68. The highest BCUT2D eigenvalue weighted by Gasteiger charge is 2.38. The van der Waals surface area contributed by atoms with Crippen molar-refractivity contribution in [1.29, 1.82) is 0 Å². The second-order valence-electron chi connectivity index (χ2n) is 5.44. The molecule has 2 fully saturated rings. The molecule has 1 saturated carbocycles. The molecule has 0 bridgehead atoms. The fourth-order valence-electron chi connectivity index (χ4n) is 2.91. The lowest BCUT2D eigenvalue weighted by molar-refractivity contribution is 0.158. The van der Waals surface area contributed by atoms with Crippen LogP contribution in [0.5, 0.6) is 0 Å². The topological polar surface area (TPSA) is 24.5 Å². The Kier molecular flexibility index (Phi) is 4.22. The largest absolute Gasteiger partial charge is 0.383 e. The lowest BCUT2D eigenvalue weighted by Gasteiger charge is -2.22. The zero-order valence-electron chi connectivity index (χ0n) is 10.9. The van der Waals surface area contributed by atoms with Crippen LogP contribution in [0.3, 0.4) is 0 Å². The summed E-state index contributed by atoms with van der Waals surface area (Å²) in [6.07, 6.45) is 5.30. The molecule has 0 amide bonds. The van der Waals surface area contributed by atoms with Crippen LogP contribution in [0.15, 0.2) is 0 Å². The summed E-state index contributed by atoms with van der Waals surface area (Å²) in [6, 6.07) is 2.88. The molecule has 1 N–H and O–H groups in total. The molecule has 2 aliphatic rings. The average Bonchev–Trinajstić information content (AvgIpc) is 3.03. The van der Waals surface area contributed by atoms with Crippen molar-refractivity contribution < 1.29 is 4.74 Å². The molecule has 16 heavy (non-hydrogen) atoms. The van der Waals surface area contributed by atoms with Gasteiger partial charge in [0.05, 0.1) is 6.61 Å². The third-order valence-electron chi connectivity index (χ3n) is 3.97. The van der Waals surface area contributed by atoms with Crippen LogP contribution >= 0.6 is 0 Å². The van der Waals surface area contributed by atoms with Gasteiger partial charge in [0.1, 0.15) is 0 Å². The summed E-state index contributed by atoms with van der Waals surface area (Å²) >= 11 is 0. The summed E-state index contributed by atoms with van der Waals surface area (Å²) < 4.78 is 5.24. The quantitative estimate of drug-likeness (QED) is 0.745. The van der Waals surface area contributed by atoms with Crippen LogP contribution in [-0.2, 0) is 4.74 Å². The molecule has 0 aromatic carbocycles. The van der Waals surface area contributed by atoms with E-state index >= 15 is 0 Å². The van der Waals surface area contributed by atoms with E-state index in [4.69, 9.17) is 4.74 Å². The fraction of sp³-hybridized carbons (Fsp3) is 1.00. The maximum atomic E-state index is 5.24. The second-order valence-corrected chi connectivity index (χ2v) is 5.44. The Balaban J connectivity index is 1.77. The van der Waals surface area contributed by atoms with Crippen LogP contribution in [0.4, 0.5) is 0 Å². The summed E-state index contributed by atoms with van der Waals surface area (Å²) in [5.41, 5.74) is 0. The van der Waals surface area contributed by atoms with Crippen molar-refractivity contribution in [2.75, 3.05) is 20.3 Å². The number of nitrogens with one attached hydrogen (secondary N) is 1. The van der Waals surface area contributed by atoms with Gasteiger partial charge in [-0.25, -0.2) is 0 Å². The van der Waals surface area contributed by atoms with Gasteiger partial charge in [-0.15, -0.1) is 0 Å². The molecule has 1 aliphatic carbocycles. The number of rotatable bonds is 6. The van der Waals surface area contributed by atoms with Crippen LogP contribution in [-0.4, -0.2) is 49.3 Å². The van der Waals surface area contributed by atoms with E-state index in [9.17, 15) is 0 Å². The van der Waals surface area contributed by atoms with Gasteiger partial charge in [-0.1, -0.05) is 6.92 Å². The predicted molar refractivity (Wildman–Crippen MR) is 66.7 cm³/mol. The van der Waals surface area contributed by atoms with Crippen LogP contribution < -0.4 is 5.32 Å². The standard InChI is InChI=1S/C13H26N2O/c1-4-11(9-16-3)14-12-7-10(2)15(8-12)13-5-6-13/h10-14H,4-9H2,1-3H3. The van der Waals surface area contributed by atoms with Crippen LogP contribution in [0.1, 0.15) is 39.5 Å². The van der Waals surface area contributed by atoms with Crippen molar-refractivity contribution >= 4 is 0 Å². The Morgan fingerprint density at radius 3 is 2.75 bits per heavy atom. The molecule has 0 spiro atoms. The van der Waals surface area contributed by atoms with E-state index in [1.54, 1.807) is 7.11 Å². The normalized spacial score (nSPS) is 33.2. The molecular formula is C13H26N2O. The van der Waals surface area contributed by atoms with Gasteiger partial charge < -0.3 is 10.1 Å². The summed E-state index contributed by atoms with van der Waals surface area (Å²) in [7, 11) is 1.79. The van der Waals surface area contributed by atoms with E-state index in [1.807, 2.05) is 0 Å². The van der Waals surface area contributed by atoms with Gasteiger partial charge in [-0.2, -0.15) is 0 Å². The SMILES string of the molecule is CCC(COC)NC1CC(C)N(C2CC2)C1. The highest BCUT2D eigenvalue weighted by Crippen LogP contribution is 2.33. The zero-order valence-corrected chi connectivity index (χ0v) is 10.9. The Morgan fingerprint density at radius 1 is 1.44 bits per heavy atom. The van der Waals surface area contributed by atoms with E-state index in [0.29, 0.717) is 12.1 Å². The number of hydrogen-bond acceptors (Lipinski definition) is 3. The van der Waals surface area contributed by atoms with Crippen molar-refractivity contribution in [1.82, 2.24) is 10.2 Å². The molecule has 1 saturated heterocycles. The Morgan fingerprint density at radius 2 is 2.19 bits per heavy atom. The van der Waals surface area contributed by atoms with Gasteiger partial charge in [0.2, 0.25) is 0 Å². The van der Waals surface area contributed by atoms with Gasteiger partial charge in [-0.3, -0.25) is 4.90 Å². The van der Waals surface area contributed by atoms with Gasteiger partial charge in [0, 0.05) is 37.8 Å². The summed E-state index contributed by atoms with van der Waals surface area (Å²) in [5.74, 6) is 0.